The number of hydrogen-bond donors (Lipinski definition) is 1. The number of aryl methyl sites for hydroxylation is 1. The molecule has 0 aliphatic heterocycles. The van der Waals surface area contributed by atoms with Crippen LogP contribution in [0.3, 0.4) is 0 Å². The molecule has 1 heterocycles. The molecule has 1 unspecified atom stereocenters. The molecule has 1 amide bonds. The first-order valence-corrected chi connectivity index (χ1v) is 11.1. The molecule has 0 saturated heterocycles. The van der Waals surface area contributed by atoms with Crippen LogP contribution < -0.4 is 10.6 Å². The topological polar surface area (TPSA) is 86.3 Å². The zero-order valence-corrected chi connectivity index (χ0v) is 18.0. The molecule has 31 heavy (non-hydrogen) atoms. The molecule has 9 heteroatoms. The van der Waals surface area contributed by atoms with E-state index >= 15 is 0 Å². The fraction of sp³-hybridized carbons (Fsp3) is 0.318. The van der Waals surface area contributed by atoms with Gasteiger partial charge in [0, 0.05) is 7.05 Å². The molecule has 1 atom stereocenters. The summed E-state index contributed by atoms with van der Waals surface area (Å²) >= 11 is 1.24. The Hall–Kier alpha value is -3.07. The molecule has 1 aromatic heterocycles. The lowest BCUT2D eigenvalue weighted by Crippen LogP contribution is -2.34. The van der Waals surface area contributed by atoms with Gasteiger partial charge in [0.1, 0.15) is 18.2 Å². The third kappa shape index (κ3) is 4.82. The van der Waals surface area contributed by atoms with Crippen molar-refractivity contribution in [3.8, 4) is 5.75 Å². The Balaban J connectivity index is 1.34. The number of ether oxygens (including phenoxy) is 1. The molecule has 7 nitrogen and oxygen atoms in total. The van der Waals surface area contributed by atoms with Crippen molar-refractivity contribution in [2.75, 3.05) is 18.6 Å². The SMILES string of the molecule is CN(C(=O)CSc1nnc(COc2ccc(F)cc2)n1N)C1CCCc2ccccc21. The summed E-state index contributed by atoms with van der Waals surface area (Å²) in [5.41, 5.74) is 2.55. The van der Waals surface area contributed by atoms with Crippen molar-refractivity contribution in [1.82, 2.24) is 19.8 Å². The second-order valence-electron chi connectivity index (χ2n) is 7.41. The van der Waals surface area contributed by atoms with Crippen LogP contribution in [-0.4, -0.2) is 38.5 Å². The highest BCUT2D eigenvalue weighted by atomic mass is 32.2. The Bertz CT molecular complexity index is 1060. The van der Waals surface area contributed by atoms with E-state index in [1.54, 1.807) is 0 Å². The Kier molecular flexibility index (Phi) is 6.41. The van der Waals surface area contributed by atoms with E-state index in [9.17, 15) is 9.18 Å². The number of amides is 1. The Labute approximate surface area is 184 Å². The van der Waals surface area contributed by atoms with E-state index in [-0.39, 0.29) is 30.1 Å². The summed E-state index contributed by atoms with van der Waals surface area (Å²) in [6.45, 7) is 0.0857. The predicted molar refractivity (Wildman–Crippen MR) is 117 cm³/mol. The number of halogens is 1. The maximum Gasteiger partial charge on any atom is 0.233 e. The van der Waals surface area contributed by atoms with Gasteiger partial charge < -0.3 is 15.5 Å². The zero-order chi connectivity index (χ0) is 21.8. The van der Waals surface area contributed by atoms with Crippen molar-refractivity contribution in [2.45, 2.75) is 37.1 Å². The number of hydrogen-bond acceptors (Lipinski definition) is 6. The predicted octanol–water partition coefficient (Wildman–Crippen LogP) is 3.34. The number of benzene rings is 2. The Morgan fingerprint density at radius 3 is 2.84 bits per heavy atom. The maximum atomic E-state index is 13.0. The van der Waals surface area contributed by atoms with E-state index in [0.717, 1.165) is 19.3 Å². The van der Waals surface area contributed by atoms with Crippen LogP contribution in [-0.2, 0) is 17.8 Å². The molecule has 162 valence electrons. The van der Waals surface area contributed by atoms with Gasteiger partial charge in [-0.15, -0.1) is 10.2 Å². The molecule has 0 fully saturated rings. The third-order valence-electron chi connectivity index (χ3n) is 5.44. The number of thioether (sulfide) groups is 1. The minimum Gasteiger partial charge on any atom is -0.486 e. The van der Waals surface area contributed by atoms with Gasteiger partial charge in [0.25, 0.3) is 0 Å². The van der Waals surface area contributed by atoms with E-state index < -0.39 is 0 Å². The first-order valence-electron chi connectivity index (χ1n) is 10.1. The number of nitrogen functional groups attached to an aromatic ring is 1. The van der Waals surface area contributed by atoms with Gasteiger partial charge in [-0.3, -0.25) is 4.79 Å². The standard InChI is InChI=1S/C22H24FN5O2S/c1-27(19-8-4-6-15-5-2-3-7-18(15)19)21(29)14-31-22-26-25-20(28(22)24)13-30-17-11-9-16(23)10-12-17/h2-3,5,7,9-12,19H,4,6,8,13-14,24H2,1H3. The Morgan fingerprint density at radius 1 is 1.26 bits per heavy atom. The number of rotatable bonds is 7. The van der Waals surface area contributed by atoms with Gasteiger partial charge in [-0.25, -0.2) is 9.07 Å². The van der Waals surface area contributed by atoms with Crippen molar-refractivity contribution in [1.29, 1.82) is 0 Å². The number of carbonyl (C=O) groups is 1. The third-order valence-corrected chi connectivity index (χ3v) is 6.37. The highest BCUT2D eigenvalue weighted by Gasteiger charge is 2.26. The molecule has 2 aromatic carbocycles. The lowest BCUT2D eigenvalue weighted by atomic mass is 9.87. The summed E-state index contributed by atoms with van der Waals surface area (Å²) in [5, 5.41) is 8.53. The van der Waals surface area contributed by atoms with Crippen molar-refractivity contribution >= 4 is 17.7 Å². The van der Waals surface area contributed by atoms with Crippen LogP contribution in [0.1, 0.15) is 35.8 Å². The number of carbonyl (C=O) groups excluding carboxylic acids is 1. The van der Waals surface area contributed by atoms with Gasteiger partial charge in [0.15, 0.2) is 5.82 Å². The van der Waals surface area contributed by atoms with E-state index in [4.69, 9.17) is 10.6 Å². The smallest absolute Gasteiger partial charge is 0.233 e. The highest BCUT2D eigenvalue weighted by molar-refractivity contribution is 7.99. The molecule has 1 aliphatic rings. The fourth-order valence-electron chi connectivity index (χ4n) is 3.72. The van der Waals surface area contributed by atoms with E-state index in [1.165, 1.54) is 51.8 Å². The van der Waals surface area contributed by atoms with Gasteiger partial charge in [-0.05, 0) is 54.7 Å². The van der Waals surface area contributed by atoms with Crippen LogP contribution >= 0.6 is 11.8 Å². The van der Waals surface area contributed by atoms with Crippen LogP contribution in [0.15, 0.2) is 53.7 Å². The second-order valence-corrected chi connectivity index (χ2v) is 8.35. The van der Waals surface area contributed by atoms with E-state index in [1.807, 2.05) is 24.1 Å². The molecule has 0 radical (unpaired) electrons. The van der Waals surface area contributed by atoms with Crippen molar-refractivity contribution in [3.63, 3.8) is 0 Å². The molecule has 0 bridgehead atoms. The van der Waals surface area contributed by atoms with Gasteiger partial charge in [0.2, 0.25) is 11.1 Å². The zero-order valence-electron chi connectivity index (χ0n) is 17.2. The monoisotopic (exact) mass is 441 g/mol. The summed E-state index contributed by atoms with van der Waals surface area (Å²) in [4.78, 5) is 14.7. The molecule has 3 aromatic rings. The minimum absolute atomic E-state index is 0.0128. The average Bonchev–Trinajstić information content (AvgIpc) is 3.15. The first-order chi connectivity index (χ1) is 15.0. The van der Waals surface area contributed by atoms with Gasteiger partial charge in [-0.1, -0.05) is 36.0 Å². The lowest BCUT2D eigenvalue weighted by Gasteiger charge is -2.33. The van der Waals surface area contributed by atoms with Crippen LogP contribution in [0.25, 0.3) is 0 Å². The van der Waals surface area contributed by atoms with E-state index in [2.05, 4.69) is 22.3 Å². The molecule has 0 spiro atoms. The summed E-state index contributed by atoms with van der Waals surface area (Å²) in [5.74, 6) is 6.87. The number of aromatic nitrogens is 3. The van der Waals surface area contributed by atoms with Gasteiger partial charge in [0.05, 0.1) is 11.8 Å². The number of nitrogens with two attached hydrogens (primary N) is 1. The van der Waals surface area contributed by atoms with Gasteiger partial charge >= 0.3 is 0 Å². The van der Waals surface area contributed by atoms with Crippen LogP contribution in [0, 0.1) is 5.82 Å². The Morgan fingerprint density at radius 2 is 2.03 bits per heavy atom. The van der Waals surface area contributed by atoms with Crippen LogP contribution in [0.4, 0.5) is 4.39 Å². The summed E-state index contributed by atoms with van der Waals surface area (Å²) in [6, 6.07) is 14.1. The molecule has 0 saturated carbocycles. The normalized spacial score (nSPS) is 15.4. The number of nitrogens with zero attached hydrogens (tertiary/aromatic N) is 4. The number of fused-ring (bicyclic) bond motifs is 1. The molecule has 4 rings (SSSR count). The average molecular weight is 442 g/mol. The van der Waals surface area contributed by atoms with Crippen molar-refractivity contribution < 1.29 is 13.9 Å². The lowest BCUT2D eigenvalue weighted by molar-refractivity contribution is -0.129. The maximum absolute atomic E-state index is 13.0. The molecular weight excluding hydrogens is 417 g/mol. The van der Waals surface area contributed by atoms with Crippen LogP contribution in [0.5, 0.6) is 5.75 Å². The second kappa shape index (κ2) is 9.38. The molecule has 1 aliphatic carbocycles. The minimum atomic E-state index is -0.334. The summed E-state index contributed by atoms with van der Waals surface area (Å²) in [7, 11) is 1.85. The summed E-state index contributed by atoms with van der Waals surface area (Å²) < 4.78 is 19.9. The largest absolute Gasteiger partial charge is 0.486 e. The van der Waals surface area contributed by atoms with Gasteiger partial charge in [-0.2, -0.15) is 0 Å². The van der Waals surface area contributed by atoms with Crippen molar-refractivity contribution in [3.05, 3.63) is 71.3 Å². The quantitative estimate of drug-likeness (QED) is 0.447. The molecular formula is C22H24FN5O2S. The van der Waals surface area contributed by atoms with Crippen LogP contribution in [0.2, 0.25) is 0 Å². The summed E-state index contributed by atoms with van der Waals surface area (Å²) in [6.07, 6.45) is 3.09. The first kappa shape index (κ1) is 21.2. The molecule has 2 N–H and O–H groups in total. The van der Waals surface area contributed by atoms with Crippen molar-refractivity contribution in [2.24, 2.45) is 0 Å². The fourth-order valence-corrected chi connectivity index (χ4v) is 4.51. The van der Waals surface area contributed by atoms with E-state index in [0.29, 0.717) is 16.7 Å². The highest BCUT2D eigenvalue weighted by Crippen LogP contribution is 2.33.